The second-order valence-corrected chi connectivity index (χ2v) is 7.33. The van der Waals surface area contributed by atoms with E-state index in [-0.39, 0.29) is 13.0 Å². The summed E-state index contributed by atoms with van der Waals surface area (Å²) in [7, 11) is -5.09. The number of carbonyl (C=O) groups excluding carboxylic acids is 3. The SMILES string of the molecule is CC(=O)C1(C(=O)NN)N2CC(CC1(CO)n1nccn1)N(OS(=O)(=O)O)C2=O. The van der Waals surface area contributed by atoms with Crippen LogP contribution in [0, 0.1) is 0 Å². The molecule has 3 atom stereocenters. The van der Waals surface area contributed by atoms with Crippen LogP contribution in [0.4, 0.5) is 4.79 Å². The van der Waals surface area contributed by atoms with Gasteiger partial charge in [-0.15, -0.1) is 4.28 Å². The molecule has 2 saturated heterocycles. The number of nitrogens with one attached hydrogen (secondary N) is 1. The fraction of sp³-hybridized carbons (Fsp3) is 0.583. The first-order valence-electron chi connectivity index (χ1n) is 7.82. The summed E-state index contributed by atoms with van der Waals surface area (Å²) < 4.78 is 35.6. The minimum absolute atomic E-state index is 0.317. The summed E-state index contributed by atoms with van der Waals surface area (Å²) in [4.78, 5) is 40.1. The van der Waals surface area contributed by atoms with E-state index in [1.807, 2.05) is 5.43 Å². The van der Waals surface area contributed by atoms with Gasteiger partial charge in [0.2, 0.25) is 5.54 Å². The minimum atomic E-state index is -5.09. The Kier molecular flexibility index (Phi) is 4.63. The largest absolute Gasteiger partial charge is 0.418 e. The topological polar surface area (TPSA) is 210 Å². The quantitative estimate of drug-likeness (QED) is 0.117. The van der Waals surface area contributed by atoms with Crippen molar-refractivity contribution in [1.29, 1.82) is 0 Å². The van der Waals surface area contributed by atoms with E-state index in [0.29, 0.717) is 5.06 Å². The van der Waals surface area contributed by atoms with Gasteiger partial charge in [-0.3, -0.25) is 24.5 Å². The van der Waals surface area contributed by atoms with Crippen LogP contribution < -0.4 is 11.3 Å². The number of hydrogen-bond donors (Lipinski definition) is 4. The van der Waals surface area contributed by atoms with Crippen LogP contribution in [0.5, 0.6) is 0 Å². The van der Waals surface area contributed by atoms with Crippen LogP contribution in [0.15, 0.2) is 12.4 Å². The molecule has 0 saturated carbocycles. The molecule has 5 N–H and O–H groups in total. The molecule has 3 unspecified atom stereocenters. The van der Waals surface area contributed by atoms with Crippen LogP contribution in [0.3, 0.4) is 0 Å². The van der Waals surface area contributed by atoms with Gasteiger partial charge in [-0.2, -0.15) is 28.5 Å². The number of hydroxylamine groups is 2. The van der Waals surface area contributed by atoms with Crippen LogP contribution >= 0.6 is 0 Å². The van der Waals surface area contributed by atoms with Crippen molar-refractivity contribution < 1.29 is 36.7 Å². The molecule has 2 aliphatic heterocycles. The third kappa shape index (κ3) is 2.49. The number of hydrogen-bond acceptors (Lipinski definition) is 10. The molecule has 3 rings (SSSR count). The molecule has 0 spiro atoms. The molecule has 16 heteroatoms. The summed E-state index contributed by atoms with van der Waals surface area (Å²) in [5.74, 6) is 3.23. The average Bonchev–Trinajstić information content (AvgIpc) is 3.24. The lowest BCUT2D eigenvalue weighted by molar-refractivity contribution is -0.161. The van der Waals surface area contributed by atoms with Gasteiger partial charge in [0.1, 0.15) is 5.54 Å². The summed E-state index contributed by atoms with van der Waals surface area (Å²) in [6, 6.07) is -2.28. The van der Waals surface area contributed by atoms with E-state index in [2.05, 4.69) is 14.5 Å². The Morgan fingerprint density at radius 2 is 2.04 bits per heavy atom. The number of ketones is 1. The Morgan fingerprint density at radius 1 is 1.43 bits per heavy atom. The molecule has 1 aromatic heterocycles. The Morgan fingerprint density at radius 3 is 2.50 bits per heavy atom. The summed E-state index contributed by atoms with van der Waals surface area (Å²) >= 11 is 0. The summed E-state index contributed by atoms with van der Waals surface area (Å²) in [6.07, 6.45) is 2.08. The maximum absolute atomic E-state index is 12.9. The number of nitrogens with two attached hydrogens (primary N) is 1. The Hall–Kier alpha value is -2.66. The van der Waals surface area contributed by atoms with Crippen LogP contribution in [-0.2, 0) is 29.8 Å². The molecular formula is C12H17N7O8S. The zero-order chi connectivity index (χ0) is 20.9. The Balaban J connectivity index is 2.29. The van der Waals surface area contributed by atoms with Crippen molar-refractivity contribution in [2.45, 2.75) is 30.5 Å². The second kappa shape index (κ2) is 6.45. The predicted molar refractivity (Wildman–Crippen MR) is 85.8 cm³/mol. The van der Waals surface area contributed by atoms with Crippen molar-refractivity contribution >= 4 is 28.1 Å². The fourth-order valence-corrected chi connectivity index (χ4v) is 4.46. The van der Waals surface area contributed by atoms with Gasteiger partial charge in [0.05, 0.1) is 25.0 Å². The number of aromatic nitrogens is 3. The number of piperidine rings is 1. The molecule has 154 valence electrons. The van der Waals surface area contributed by atoms with E-state index in [1.165, 1.54) is 12.4 Å². The molecular weight excluding hydrogens is 402 g/mol. The lowest BCUT2D eigenvalue weighted by atomic mass is 9.67. The molecule has 1 aromatic rings. The third-order valence-corrected chi connectivity index (χ3v) is 5.35. The maximum atomic E-state index is 12.9. The highest BCUT2D eigenvalue weighted by Gasteiger charge is 2.73. The van der Waals surface area contributed by atoms with Crippen molar-refractivity contribution in [3.63, 3.8) is 0 Å². The zero-order valence-corrected chi connectivity index (χ0v) is 15.2. The number of amides is 3. The van der Waals surface area contributed by atoms with Crippen molar-refractivity contribution in [3.05, 3.63) is 12.4 Å². The van der Waals surface area contributed by atoms with E-state index in [0.717, 1.165) is 16.6 Å². The summed E-state index contributed by atoms with van der Waals surface area (Å²) in [5, 5.41) is 18.4. The first kappa shape index (κ1) is 20.1. The minimum Gasteiger partial charge on any atom is -0.394 e. The van der Waals surface area contributed by atoms with E-state index in [9.17, 15) is 27.9 Å². The van der Waals surface area contributed by atoms with E-state index in [4.69, 9.17) is 10.4 Å². The summed E-state index contributed by atoms with van der Waals surface area (Å²) in [6.45, 7) is -0.220. The highest BCUT2D eigenvalue weighted by atomic mass is 32.3. The molecule has 0 aromatic carbocycles. The predicted octanol–water partition coefficient (Wildman–Crippen LogP) is -3.47. The van der Waals surface area contributed by atoms with Gasteiger partial charge in [0, 0.05) is 13.0 Å². The number of carbonyl (C=O) groups is 3. The molecule has 2 fully saturated rings. The molecule has 15 nitrogen and oxygen atoms in total. The number of Topliss-reactive ketones (excluding diaryl/α,β-unsaturated/α-hetero) is 1. The Labute approximate surface area is 157 Å². The highest BCUT2D eigenvalue weighted by molar-refractivity contribution is 7.80. The average molecular weight is 419 g/mol. The monoisotopic (exact) mass is 419 g/mol. The molecule has 2 bridgehead atoms. The third-order valence-electron chi connectivity index (χ3n) is 5.00. The standard InChI is InChI=1S/C12H17N7O8S/c1-7(21)12(9(22)16-13)11(6-20,19-14-2-3-15-19)4-8-5-17(12)10(23)18(8)27-28(24,25)26/h2-3,8,20H,4-6,13H2,1H3,(H,16,22)(H,24,25,26). The van der Waals surface area contributed by atoms with E-state index in [1.54, 1.807) is 0 Å². The molecule has 3 heterocycles. The van der Waals surface area contributed by atoms with Crippen molar-refractivity contribution in [3.8, 4) is 0 Å². The van der Waals surface area contributed by atoms with E-state index >= 15 is 0 Å². The molecule has 2 aliphatic rings. The number of urea groups is 1. The zero-order valence-electron chi connectivity index (χ0n) is 14.4. The van der Waals surface area contributed by atoms with Crippen LogP contribution in [0.25, 0.3) is 0 Å². The number of aliphatic hydroxyl groups is 1. The number of nitrogens with zero attached hydrogens (tertiary/aromatic N) is 5. The van der Waals surface area contributed by atoms with Crippen LogP contribution in [0.2, 0.25) is 0 Å². The molecule has 0 radical (unpaired) electrons. The first-order chi connectivity index (χ1) is 13.0. The fourth-order valence-electron chi connectivity index (χ4n) is 4.07. The van der Waals surface area contributed by atoms with Gasteiger partial charge in [0.15, 0.2) is 5.78 Å². The molecule has 0 aliphatic carbocycles. The van der Waals surface area contributed by atoms with Gasteiger partial charge in [-0.1, -0.05) is 0 Å². The van der Waals surface area contributed by atoms with Gasteiger partial charge >= 0.3 is 16.4 Å². The van der Waals surface area contributed by atoms with Crippen molar-refractivity contribution in [2.24, 2.45) is 5.84 Å². The van der Waals surface area contributed by atoms with Gasteiger partial charge in [0.25, 0.3) is 5.91 Å². The van der Waals surface area contributed by atoms with Gasteiger partial charge < -0.3 is 5.11 Å². The van der Waals surface area contributed by atoms with Crippen molar-refractivity contribution in [1.82, 2.24) is 30.4 Å². The van der Waals surface area contributed by atoms with Gasteiger partial charge in [-0.25, -0.2) is 10.6 Å². The Bertz CT molecular complexity index is 920. The second-order valence-electron chi connectivity index (χ2n) is 6.33. The van der Waals surface area contributed by atoms with Crippen LogP contribution in [-0.4, -0.2) is 85.5 Å². The van der Waals surface area contributed by atoms with Crippen LogP contribution in [0.1, 0.15) is 13.3 Å². The number of hydrazine groups is 1. The smallest absolute Gasteiger partial charge is 0.394 e. The molecule has 3 amide bonds. The summed E-state index contributed by atoms with van der Waals surface area (Å²) in [5.41, 5.74) is -2.56. The van der Waals surface area contributed by atoms with Crippen molar-refractivity contribution in [2.75, 3.05) is 13.2 Å². The van der Waals surface area contributed by atoms with Gasteiger partial charge in [-0.05, 0) is 6.92 Å². The first-order valence-corrected chi connectivity index (χ1v) is 9.19. The number of rotatable bonds is 6. The lowest BCUT2D eigenvalue weighted by Crippen LogP contribution is -2.79. The molecule has 28 heavy (non-hydrogen) atoms. The van der Waals surface area contributed by atoms with E-state index < -0.39 is 51.8 Å². The lowest BCUT2D eigenvalue weighted by Gasteiger charge is -2.51. The maximum Gasteiger partial charge on any atom is 0.418 e. The number of fused-ring (bicyclic) bond motifs is 2. The normalized spacial score (nSPS) is 29.9. The highest BCUT2D eigenvalue weighted by Crippen LogP contribution is 2.48. The number of aliphatic hydroxyl groups excluding tert-OH is 1.